The molecule has 8 nitrogen and oxygen atoms in total. The molecule has 1 atom stereocenters. The van der Waals surface area contributed by atoms with Gasteiger partial charge in [0.05, 0.1) is 23.2 Å². The van der Waals surface area contributed by atoms with E-state index in [1.807, 2.05) is 10.7 Å². The van der Waals surface area contributed by atoms with Crippen molar-refractivity contribution in [3.05, 3.63) is 57.9 Å². The molecule has 2 N–H and O–H groups in total. The summed E-state index contributed by atoms with van der Waals surface area (Å²) >= 11 is 0. The van der Waals surface area contributed by atoms with Crippen molar-refractivity contribution in [1.82, 2.24) is 24.1 Å². The molecular formula is C18H21N5O3. The van der Waals surface area contributed by atoms with Crippen molar-refractivity contribution >= 4 is 5.65 Å². The van der Waals surface area contributed by atoms with Gasteiger partial charge in [0.2, 0.25) is 0 Å². The molecule has 4 rings (SSSR count). The maximum atomic E-state index is 12.3. The number of aliphatic hydroxyl groups excluding tert-OH is 1. The first-order valence-electron chi connectivity index (χ1n) is 8.68. The number of hydrogen-bond acceptors (Lipinski definition) is 6. The van der Waals surface area contributed by atoms with E-state index in [0.717, 1.165) is 25.2 Å². The Hall–Kier alpha value is -2.71. The molecule has 1 aliphatic heterocycles. The van der Waals surface area contributed by atoms with E-state index in [9.17, 15) is 15.0 Å². The monoisotopic (exact) mass is 355 g/mol. The molecule has 3 aromatic heterocycles. The molecule has 3 aromatic rings. The molecule has 0 radical (unpaired) electrons. The van der Waals surface area contributed by atoms with E-state index in [4.69, 9.17) is 0 Å². The number of aromatic nitrogens is 4. The first kappa shape index (κ1) is 16.7. The SMILES string of the molecule is C[C@H](O)c1cc2n(n1)CCCN(Cc1cc(=O)n3cccc(O)c3n1)C2. The second-order valence-corrected chi connectivity index (χ2v) is 6.70. The number of hydrogen-bond donors (Lipinski definition) is 2. The van der Waals surface area contributed by atoms with Crippen LogP contribution >= 0.6 is 0 Å². The second kappa shape index (κ2) is 6.54. The Labute approximate surface area is 150 Å². The van der Waals surface area contributed by atoms with E-state index in [2.05, 4.69) is 15.0 Å². The van der Waals surface area contributed by atoms with Crippen molar-refractivity contribution in [3.8, 4) is 5.75 Å². The van der Waals surface area contributed by atoms with Crippen LogP contribution in [0, 0.1) is 0 Å². The topological polar surface area (TPSA) is 95.9 Å². The number of aryl methyl sites for hydroxylation is 1. The van der Waals surface area contributed by atoms with Crippen molar-refractivity contribution in [2.45, 2.75) is 39.1 Å². The summed E-state index contributed by atoms with van der Waals surface area (Å²) in [6.45, 7) is 4.54. The second-order valence-electron chi connectivity index (χ2n) is 6.70. The first-order chi connectivity index (χ1) is 12.5. The molecule has 0 unspecified atom stereocenters. The Morgan fingerprint density at radius 2 is 2.15 bits per heavy atom. The number of pyridine rings is 1. The molecular weight excluding hydrogens is 334 g/mol. The molecule has 0 saturated carbocycles. The third kappa shape index (κ3) is 3.09. The Bertz CT molecular complexity index is 1010. The van der Waals surface area contributed by atoms with Crippen molar-refractivity contribution in [3.63, 3.8) is 0 Å². The quantitative estimate of drug-likeness (QED) is 0.729. The van der Waals surface area contributed by atoms with Gasteiger partial charge in [-0.25, -0.2) is 4.98 Å². The molecule has 0 bridgehead atoms. The van der Waals surface area contributed by atoms with Gasteiger partial charge in [-0.05, 0) is 31.5 Å². The fourth-order valence-electron chi connectivity index (χ4n) is 3.36. The first-order valence-corrected chi connectivity index (χ1v) is 8.68. The predicted molar refractivity (Wildman–Crippen MR) is 94.7 cm³/mol. The van der Waals surface area contributed by atoms with Crippen LogP contribution in [0.15, 0.2) is 35.3 Å². The highest BCUT2D eigenvalue weighted by Gasteiger charge is 2.19. The smallest absolute Gasteiger partial charge is 0.258 e. The molecule has 0 amide bonds. The average Bonchev–Trinajstić information content (AvgIpc) is 2.90. The number of rotatable bonds is 3. The van der Waals surface area contributed by atoms with E-state index in [1.165, 1.54) is 16.5 Å². The van der Waals surface area contributed by atoms with Gasteiger partial charge in [0.25, 0.3) is 5.56 Å². The highest BCUT2D eigenvalue weighted by Crippen LogP contribution is 2.19. The van der Waals surface area contributed by atoms with Crippen LogP contribution in [0.4, 0.5) is 0 Å². The molecule has 0 aliphatic carbocycles. The lowest BCUT2D eigenvalue weighted by molar-refractivity contribution is 0.193. The van der Waals surface area contributed by atoms with E-state index in [-0.39, 0.29) is 17.0 Å². The van der Waals surface area contributed by atoms with Gasteiger partial charge in [0.15, 0.2) is 11.4 Å². The van der Waals surface area contributed by atoms with Crippen LogP contribution in [0.1, 0.15) is 36.5 Å². The van der Waals surface area contributed by atoms with Crippen molar-refractivity contribution < 1.29 is 10.2 Å². The van der Waals surface area contributed by atoms with Crippen LogP contribution in [-0.4, -0.2) is 40.8 Å². The van der Waals surface area contributed by atoms with Crippen LogP contribution in [0.5, 0.6) is 5.75 Å². The number of aliphatic hydroxyl groups is 1. The van der Waals surface area contributed by atoms with Crippen LogP contribution in [0.2, 0.25) is 0 Å². The number of aromatic hydroxyl groups is 1. The summed E-state index contributed by atoms with van der Waals surface area (Å²) in [6.07, 6.45) is 1.93. The fourth-order valence-corrected chi connectivity index (χ4v) is 3.36. The van der Waals surface area contributed by atoms with Gasteiger partial charge >= 0.3 is 0 Å². The predicted octanol–water partition coefficient (Wildman–Crippen LogP) is 1.06. The van der Waals surface area contributed by atoms with E-state index < -0.39 is 6.10 Å². The van der Waals surface area contributed by atoms with Crippen molar-refractivity contribution in [1.29, 1.82) is 0 Å². The highest BCUT2D eigenvalue weighted by molar-refractivity contribution is 5.52. The van der Waals surface area contributed by atoms with E-state index >= 15 is 0 Å². The third-order valence-corrected chi connectivity index (χ3v) is 4.65. The molecule has 0 saturated heterocycles. The molecule has 0 spiro atoms. The maximum absolute atomic E-state index is 12.3. The summed E-state index contributed by atoms with van der Waals surface area (Å²) in [4.78, 5) is 18.9. The van der Waals surface area contributed by atoms with Gasteiger partial charge in [0.1, 0.15) is 0 Å². The molecule has 0 aromatic carbocycles. The minimum atomic E-state index is -0.590. The standard InChI is InChI=1S/C18H21N5O3/c1-12(24)15-9-14-11-21(5-3-7-23(14)20-15)10-13-8-17(26)22-6-2-4-16(25)18(22)19-13/h2,4,6,8-9,12,24-25H,3,5,7,10-11H2,1H3/t12-/m0/s1. The zero-order valence-corrected chi connectivity index (χ0v) is 14.5. The molecule has 8 heteroatoms. The lowest BCUT2D eigenvalue weighted by Crippen LogP contribution is -2.25. The van der Waals surface area contributed by atoms with E-state index in [1.54, 1.807) is 19.2 Å². The highest BCUT2D eigenvalue weighted by atomic mass is 16.3. The minimum absolute atomic E-state index is 0.0121. The van der Waals surface area contributed by atoms with Gasteiger partial charge in [0, 0.05) is 38.4 Å². The van der Waals surface area contributed by atoms with Gasteiger partial charge in [-0.15, -0.1) is 0 Å². The molecule has 0 fully saturated rings. The lowest BCUT2D eigenvalue weighted by Gasteiger charge is -2.19. The van der Waals surface area contributed by atoms with Crippen molar-refractivity contribution in [2.24, 2.45) is 0 Å². The molecule has 1 aliphatic rings. The van der Waals surface area contributed by atoms with Crippen LogP contribution in [0.3, 0.4) is 0 Å². The van der Waals surface area contributed by atoms with Gasteiger partial charge in [-0.2, -0.15) is 5.10 Å². The zero-order valence-electron chi connectivity index (χ0n) is 14.5. The van der Waals surface area contributed by atoms with Crippen molar-refractivity contribution in [2.75, 3.05) is 6.54 Å². The summed E-state index contributed by atoms with van der Waals surface area (Å²) in [5, 5.41) is 24.2. The van der Waals surface area contributed by atoms with Gasteiger partial charge < -0.3 is 10.2 Å². The molecule has 136 valence electrons. The summed E-state index contributed by atoms with van der Waals surface area (Å²) in [7, 11) is 0. The van der Waals surface area contributed by atoms with Crippen LogP contribution in [0.25, 0.3) is 5.65 Å². The van der Waals surface area contributed by atoms with Gasteiger partial charge in [-0.3, -0.25) is 18.8 Å². The minimum Gasteiger partial charge on any atom is -0.504 e. The Balaban J connectivity index is 1.61. The number of fused-ring (bicyclic) bond motifs is 2. The average molecular weight is 355 g/mol. The Morgan fingerprint density at radius 1 is 1.31 bits per heavy atom. The van der Waals surface area contributed by atoms with Crippen LogP contribution in [-0.2, 0) is 19.6 Å². The number of nitrogens with zero attached hydrogens (tertiary/aromatic N) is 5. The Morgan fingerprint density at radius 3 is 2.96 bits per heavy atom. The zero-order chi connectivity index (χ0) is 18.3. The molecule has 26 heavy (non-hydrogen) atoms. The van der Waals surface area contributed by atoms with Gasteiger partial charge in [-0.1, -0.05) is 0 Å². The summed E-state index contributed by atoms with van der Waals surface area (Å²) < 4.78 is 3.28. The van der Waals surface area contributed by atoms with E-state index in [0.29, 0.717) is 24.5 Å². The normalized spacial score (nSPS) is 16.4. The lowest BCUT2D eigenvalue weighted by atomic mass is 10.2. The maximum Gasteiger partial charge on any atom is 0.258 e. The largest absolute Gasteiger partial charge is 0.504 e. The summed E-state index contributed by atoms with van der Waals surface area (Å²) in [5.41, 5.74) is 2.40. The summed E-state index contributed by atoms with van der Waals surface area (Å²) in [6, 6.07) is 6.57. The summed E-state index contributed by atoms with van der Waals surface area (Å²) in [5.74, 6) is -0.0121. The fraction of sp³-hybridized carbons (Fsp3) is 0.389. The molecule has 4 heterocycles. The third-order valence-electron chi connectivity index (χ3n) is 4.65. The Kier molecular flexibility index (Phi) is 4.21. The van der Waals surface area contributed by atoms with Crippen LogP contribution < -0.4 is 5.56 Å².